The summed E-state index contributed by atoms with van der Waals surface area (Å²) in [5, 5.41) is 2.78. The molecule has 1 saturated carbocycles. The van der Waals surface area contributed by atoms with Crippen molar-refractivity contribution in [3.05, 3.63) is 54.0 Å². The van der Waals surface area contributed by atoms with Crippen molar-refractivity contribution < 1.29 is 14.0 Å². The van der Waals surface area contributed by atoms with Gasteiger partial charge < -0.3 is 14.6 Å². The molecule has 2 heterocycles. The van der Waals surface area contributed by atoms with Crippen molar-refractivity contribution in [1.82, 2.24) is 4.90 Å². The molecule has 1 N–H and O–H groups in total. The lowest BCUT2D eigenvalue weighted by Crippen LogP contribution is -2.37. The number of likely N-dealkylation sites (tertiary alicyclic amines) is 1. The second-order valence-corrected chi connectivity index (χ2v) is 9.16. The summed E-state index contributed by atoms with van der Waals surface area (Å²) < 4.78 is 5.09. The zero-order valence-electron chi connectivity index (χ0n) is 16.1. The van der Waals surface area contributed by atoms with Gasteiger partial charge in [0.1, 0.15) is 0 Å². The number of hydrogen-bond donors (Lipinski definition) is 1. The van der Waals surface area contributed by atoms with Gasteiger partial charge in [0.2, 0.25) is 0 Å². The standard InChI is InChI=1S/C22H26N2O3/c1-21(2)11-17-12-22(3,13-21)14-24(17)20(26)15-6-8-16(9-7-15)23-19(25)18-5-4-10-27-18/h4-10,17H,11-14H2,1-3H3,(H,23,25)/t17-,22-/m0/s1. The van der Waals surface area contributed by atoms with Gasteiger partial charge in [-0.2, -0.15) is 0 Å². The van der Waals surface area contributed by atoms with Crippen LogP contribution in [-0.4, -0.2) is 29.3 Å². The van der Waals surface area contributed by atoms with E-state index >= 15 is 0 Å². The number of fused-ring (bicyclic) bond motifs is 2. The molecule has 27 heavy (non-hydrogen) atoms. The lowest BCUT2D eigenvalue weighted by molar-refractivity contribution is 0.0708. The summed E-state index contributed by atoms with van der Waals surface area (Å²) in [6, 6.07) is 10.7. The van der Waals surface area contributed by atoms with Gasteiger partial charge in [-0.1, -0.05) is 20.8 Å². The van der Waals surface area contributed by atoms with Crippen molar-refractivity contribution >= 4 is 17.5 Å². The molecule has 5 heteroatoms. The van der Waals surface area contributed by atoms with Crippen LogP contribution in [0.5, 0.6) is 0 Å². The Morgan fingerprint density at radius 3 is 2.52 bits per heavy atom. The van der Waals surface area contributed by atoms with Gasteiger partial charge in [-0.15, -0.1) is 0 Å². The number of nitrogens with zero attached hydrogens (tertiary/aromatic N) is 1. The number of carbonyl (C=O) groups is 2. The Labute approximate surface area is 159 Å². The largest absolute Gasteiger partial charge is 0.459 e. The van der Waals surface area contributed by atoms with Crippen LogP contribution >= 0.6 is 0 Å². The van der Waals surface area contributed by atoms with Gasteiger partial charge in [0.05, 0.1) is 6.26 Å². The molecule has 2 bridgehead atoms. The number of nitrogens with one attached hydrogen (secondary N) is 1. The van der Waals surface area contributed by atoms with E-state index in [4.69, 9.17) is 4.42 Å². The molecule has 2 fully saturated rings. The van der Waals surface area contributed by atoms with E-state index in [1.54, 1.807) is 36.4 Å². The minimum absolute atomic E-state index is 0.0883. The van der Waals surface area contributed by atoms with Gasteiger partial charge in [-0.25, -0.2) is 0 Å². The average Bonchev–Trinajstić information content (AvgIpc) is 3.20. The predicted molar refractivity (Wildman–Crippen MR) is 104 cm³/mol. The monoisotopic (exact) mass is 366 g/mol. The third-order valence-electron chi connectivity index (χ3n) is 5.81. The lowest BCUT2D eigenvalue weighted by Gasteiger charge is -2.39. The van der Waals surface area contributed by atoms with Crippen molar-refractivity contribution in [2.45, 2.75) is 46.1 Å². The number of carbonyl (C=O) groups excluding carboxylic acids is 2. The highest BCUT2D eigenvalue weighted by atomic mass is 16.3. The van der Waals surface area contributed by atoms with Gasteiger partial charge >= 0.3 is 0 Å². The van der Waals surface area contributed by atoms with Gasteiger partial charge in [-0.3, -0.25) is 9.59 Å². The molecule has 1 aliphatic carbocycles. The number of amides is 2. The molecule has 5 nitrogen and oxygen atoms in total. The smallest absolute Gasteiger partial charge is 0.291 e. The molecule has 0 spiro atoms. The van der Waals surface area contributed by atoms with Crippen molar-refractivity contribution in [2.75, 3.05) is 11.9 Å². The molecule has 0 radical (unpaired) electrons. The van der Waals surface area contributed by atoms with Gasteiger partial charge in [0, 0.05) is 23.8 Å². The molecule has 2 atom stereocenters. The summed E-state index contributed by atoms with van der Waals surface area (Å²) in [7, 11) is 0. The Morgan fingerprint density at radius 1 is 1.11 bits per heavy atom. The quantitative estimate of drug-likeness (QED) is 0.865. The maximum atomic E-state index is 13.1. The van der Waals surface area contributed by atoms with E-state index in [-0.39, 0.29) is 28.4 Å². The van der Waals surface area contributed by atoms with E-state index in [0.717, 1.165) is 25.8 Å². The van der Waals surface area contributed by atoms with Crippen LogP contribution in [-0.2, 0) is 0 Å². The Hall–Kier alpha value is -2.56. The second kappa shape index (κ2) is 6.25. The highest BCUT2D eigenvalue weighted by Gasteiger charge is 2.50. The first-order valence-corrected chi connectivity index (χ1v) is 9.51. The maximum absolute atomic E-state index is 13.1. The van der Waals surface area contributed by atoms with Gasteiger partial charge in [0.25, 0.3) is 11.8 Å². The van der Waals surface area contributed by atoms with Crippen LogP contribution in [0.2, 0.25) is 0 Å². The molecule has 4 rings (SSSR count). The van der Waals surface area contributed by atoms with E-state index < -0.39 is 0 Å². The fraction of sp³-hybridized carbons (Fsp3) is 0.455. The zero-order valence-corrected chi connectivity index (χ0v) is 16.1. The highest BCUT2D eigenvalue weighted by molar-refractivity contribution is 6.02. The second-order valence-electron chi connectivity index (χ2n) is 9.16. The van der Waals surface area contributed by atoms with Crippen molar-refractivity contribution in [2.24, 2.45) is 10.8 Å². The number of furan rings is 1. The maximum Gasteiger partial charge on any atom is 0.291 e. The minimum atomic E-state index is -0.303. The molecule has 1 aromatic carbocycles. The molecular weight excluding hydrogens is 340 g/mol. The van der Waals surface area contributed by atoms with Crippen LogP contribution in [0.3, 0.4) is 0 Å². The molecule has 2 amide bonds. The Bertz CT molecular complexity index is 854. The number of rotatable bonds is 3. The summed E-state index contributed by atoms with van der Waals surface area (Å²) in [6.07, 6.45) is 4.79. The average molecular weight is 366 g/mol. The summed E-state index contributed by atoms with van der Waals surface area (Å²) in [4.78, 5) is 27.2. The highest BCUT2D eigenvalue weighted by Crippen LogP contribution is 2.52. The van der Waals surface area contributed by atoms with E-state index in [1.807, 2.05) is 0 Å². The van der Waals surface area contributed by atoms with Crippen LogP contribution in [0, 0.1) is 10.8 Å². The first-order valence-electron chi connectivity index (χ1n) is 9.51. The molecule has 0 unspecified atom stereocenters. The number of benzene rings is 1. The minimum Gasteiger partial charge on any atom is -0.459 e. The van der Waals surface area contributed by atoms with Crippen LogP contribution in [0.25, 0.3) is 0 Å². The first kappa shape index (κ1) is 17.8. The van der Waals surface area contributed by atoms with E-state index in [0.29, 0.717) is 17.3 Å². The third kappa shape index (κ3) is 3.51. The Balaban J connectivity index is 1.46. The molecule has 2 aliphatic rings. The SMILES string of the molecule is CC1(C)C[C@H]2C[C@](C)(CN2C(=O)c2ccc(NC(=O)c3ccco3)cc2)C1. The fourth-order valence-electron chi connectivity index (χ4n) is 5.16. The first-order chi connectivity index (χ1) is 12.7. The van der Waals surface area contributed by atoms with Crippen molar-refractivity contribution in [1.29, 1.82) is 0 Å². The lowest BCUT2D eigenvalue weighted by atomic mass is 9.65. The fourth-order valence-corrected chi connectivity index (χ4v) is 5.16. The third-order valence-corrected chi connectivity index (χ3v) is 5.81. The van der Waals surface area contributed by atoms with Crippen LogP contribution < -0.4 is 5.32 Å². The molecule has 1 saturated heterocycles. The molecule has 1 aromatic heterocycles. The zero-order chi connectivity index (χ0) is 19.2. The summed E-state index contributed by atoms with van der Waals surface area (Å²) in [5.74, 6) is 0.0447. The van der Waals surface area contributed by atoms with E-state index in [9.17, 15) is 9.59 Å². The normalized spacial score (nSPS) is 26.0. The van der Waals surface area contributed by atoms with E-state index in [1.165, 1.54) is 6.26 Å². The number of anilines is 1. The predicted octanol–water partition coefficient (Wildman–Crippen LogP) is 4.57. The van der Waals surface area contributed by atoms with Crippen LogP contribution in [0.4, 0.5) is 5.69 Å². The summed E-state index contributed by atoms with van der Waals surface area (Å²) >= 11 is 0. The van der Waals surface area contributed by atoms with Crippen LogP contribution in [0.1, 0.15) is 60.9 Å². The molecule has 1 aliphatic heterocycles. The molecular formula is C22H26N2O3. The number of hydrogen-bond acceptors (Lipinski definition) is 3. The van der Waals surface area contributed by atoms with Gasteiger partial charge in [-0.05, 0) is 66.5 Å². The molecule has 142 valence electrons. The van der Waals surface area contributed by atoms with Gasteiger partial charge in [0.15, 0.2) is 5.76 Å². The van der Waals surface area contributed by atoms with Crippen molar-refractivity contribution in [3.8, 4) is 0 Å². The topological polar surface area (TPSA) is 62.6 Å². The summed E-state index contributed by atoms with van der Waals surface area (Å²) in [5.41, 5.74) is 1.81. The van der Waals surface area contributed by atoms with E-state index in [2.05, 4.69) is 31.0 Å². The molecule has 2 aromatic rings. The Kier molecular flexibility index (Phi) is 4.13. The summed E-state index contributed by atoms with van der Waals surface area (Å²) in [6.45, 7) is 7.75. The van der Waals surface area contributed by atoms with Crippen molar-refractivity contribution in [3.63, 3.8) is 0 Å². The van der Waals surface area contributed by atoms with Crippen LogP contribution in [0.15, 0.2) is 47.1 Å². The Morgan fingerprint density at radius 2 is 1.85 bits per heavy atom.